The maximum Gasteiger partial charge on any atom is 0.307 e. The van der Waals surface area contributed by atoms with Gasteiger partial charge in [-0.15, -0.1) is 0 Å². The number of carbonyl (C=O) groups is 1. The standard InChI is InChI=1S/C8H13NO2.C6H14/c10-8(11)7-5-1-2-6(7)4-9-3-5;1-4-6(3)5-2/h5-7,9H,1-4H2,(H,10,11);6H,4-5H2,1-3H3. The number of hydrogen-bond acceptors (Lipinski definition) is 2. The van der Waals surface area contributed by atoms with Gasteiger partial charge in [0.05, 0.1) is 5.92 Å². The Bertz CT molecular complexity index is 222. The minimum Gasteiger partial charge on any atom is -0.481 e. The fourth-order valence-electron chi connectivity index (χ4n) is 2.78. The predicted octanol–water partition coefficient (Wildman–Crippen LogP) is 2.76. The van der Waals surface area contributed by atoms with Gasteiger partial charge < -0.3 is 10.4 Å². The molecular formula is C14H27NO2. The normalized spacial score (nSPS) is 30.9. The predicted molar refractivity (Wildman–Crippen MR) is 70.0 cm³/mol. The second kappa shape index (κ2) is 7.00. The van der Waals surface area contributed by atoms with Gasteiger partial charge in [-0.05, 0) is 43.7 Å². The molecule has 3 heteroatoms. The molecule has 2 unspecified atom stereocenters. The summed E-state index contributed by atoms with van der Waals surface area (Å²) in [5.74, 6) is 1.12. The van der Waals surface area contributed by atoms with E-state index in [2.05, 4.69) is 26.1 Å². The van der Waals surface area contributed by atoms with E-state index >= 15 is 0 Å². The lowest BCUT2D eigenvalue weighted by Gasteiger charge is -2.26. The molecule has 1 saturated carbocycles. The Balaban J connectivity index is 0.000000209. The molecule has 0 spiro atoms. The van der Waals surface area contributed by atoms with Crippen LogP contribution in [0, 0.1) is 23.7 Å². The van der Waals surface area contributed by atoms with Crippen LogP contribution in [0.1, 0.15) is 46.5 Å². The first-order chi connectivity index (χ1) is 8.10. The van der Waals surface area contributed by atoms with Gasteiger partial charge >= 0.3 is 5.97 Å². The van der Waals surface area contributed by atoms with E-state index in [1.165, 1.54) is 12.8 Å². The van der Waals surface area contributed by atoms with Crippen molar-refractivity contribution in [2.24, 2.45) is 23.7 Å². The van der Waals surface area contributed by atoms with Gasteiger partial charge in [0.15, 0.2) is 0 Å². The highest BCUT2D eigenvalue weighted by molar-refractivity contribution is 5.71. The molecule has 17 heavy (non-hydrogen) atoms. The van der Waals surface area contributed by atoms with Gasteiger partial charge in [-0.3, -0.25) is 4.79 Å². The minimum absolute atomic E-state index is 0.0451. The summed E-state index contributed by atoms with van der Waals surface area (Å²) in [7, 11) is 0. The van der Waals surface area contributed by atoms with Crippen molar-refractivity contribution >= 4 is 5.97 Å². The Kier molecular flexibility index (Phi) is 5.96. The molecule has 1 heterocycles. The molecule has 0 aromatic carbocycles. The molecule has 2 N–H and O–H groups in total. The van der Waals surface area contributed by atoms with Crippen LogP contribution in [0.25, 0.3) is 0 Å². The van der Waals surface area contributed by atoms with Crippen molar-refractivity contribution in [2.75, 3.05) is 13.1 Å². The van der Waals surface area contributed by atoms with Crippen molar-refractivity contribution in [3.63, 3.8) is 0 Å². The summed E-state index contributed by atoms with van der Waals surface area (Å²) in [4.78, 5) is 10.8. The molecule has 1 saturated heterocycles. The topological polar surface area (TPSA) is 49.3 Å². The van der Waals surface area contributed by atoms with Crippen molar-refractivity contribution in [3.8, 4) is 0 Å². The molecule has 0 radical (unpaired) electrons. The Labute approximate surface area is 105 Å². The van der Waals surface area contributed by atoms with Crippen LogP contribution in [-0.2, 0) is 4.79 Å². The van der Waals surface area contributed by atoms with Gasteiger partial charge in [0.1, 0.15) is 0 Å². The summed E-state index contributed by atoms with van der Waals surface area (Å²) in [6.45, 7) is 8.56. The number of carboxylic acids is 1. The Morgan fingerprint density at radius 2 is 1.71 bits per heavy atom. The molecule has 2 rings (SSSR count). The SMILES string of the molecule is CCC(C)CC.O=C(O)C1C2CCC1CNC2. The van der Waals surface area contributed by atoms with Crippen LogP contribution < -0.4 is 5.32 Å². The molecule has 2 fully saturated rings. The third kappa shape index (κ3) is 3.98. The highest BCUT2D eigenvalue weighted by Gasteiger charge is 2.43. The molecule has 2 aliphatic rings. The zero-order valence-electron chi connectivity index (χ0n) is 11.4. The first-order valence-corrected chi connectivity index (χ1v) is 7.03. The average molecular weight is 241 g/mol. The highest BCUT2D eigenvalue weighted by Crippen LogP contribution is 2.38. The fraction of sp³-hybridized carbons (Fsp3) is 0.929. The smallest absolute Gasteiger partial charge is 0.307 e. The summed E-state index contributed by atoms with van der Waals surface area (Å²) in [5, 5.41) is 12.2. The lowest BCUT2D eigenvalue weighted by atomic mass is 9.86. The second-order valence-corrected chi connectivity index (χ2v) is 5.54. The van der Waals surface area contributed by atoms with E-state index < -0.39 is 5.97 Å². The van der Waals surface area contributed by atoms with E-state index in [0.29, 0.717) is 11.8 Å². The molecule has 1 aliphatic carbocycles. The Morgan fingerprint density at radius 3 is 1.94 bits per heavy atom. The lowest BCUT2D eigenvalue weighted by molar-refractivity contribution is -0.145. The summed E-state index contributed by atoms with van der Waals surface area (Å²) in [6, 6.07) is 0. The van der Waals surface area contributed by atoms with Crippen LogP contribution in [0.4, 0.5) is 0 Å². The van der Waals surface area contributed by atoms with Crippen LogP contribution in [-0.4, -0.2) is 24.2 Å². The monoisotopic (exact) mass is 241 g/mol. The molecule has 2 atom stereocenters. The zero-order valence-corrected chi connectivity index (χ0v) is 11.4. The molecule has 2 bridgehead atoms. The number of nitrogens with one attached hydrogen (secondary N) is 1. The van der Waals surface area contributed by atoms with E-state index in [1.807, 2.05) is 0 Å². The molecular weight excluding hydrogens is 214 g/mol. The van der Waals surface area contributed by atoms with Gasteiger partial charge in [0.25, 0.3) is 0 Å². The van der Waals surface area contributed by atoms with Crippen molar-refractivity contribution in [1.29, 1.82) is 0 Å². The van der Waals surface area contributed by atoms with Gasteiger partial charge in [-0.2, -0.15) is 0 Å². The van der Waals surface area contributed by atoms with Crippen LogP contribution in [0.5, 0.6) is 0 Å². The van der Waals surface area contributed by atoms with Crippen molar-refractivity contribution in [2.45, 2.75) is 46.5 Å². The van der Waals surface area contributed by atoms with Crippen LogP contribution in [0.15, 0.2) is 0 Å². The molecule has 100 valence electrons. The molecule has 0 aromatic heterocycles. The zero-order chi connectivity index (χ0) is 12.8. The summed E-state index contributed by atoms with van der Waals surface area (Å²) >= 11 is 0. The molecule has 0 aromatic rings. The summed E-state index contributed by atoms with van der Waals surface area (Å²) in [6.07, 6.45) is 4.87. The highest BCUT2D eigenvalue weighted by atomic mass is 16.4. The lowest BCUT2D eigenvalue weighted by Crippen LogP contribution is -2.41. The van der Waals surface area contributed by atoms with Gasteiger partial charge in [0.2, 0.25) is 0 Å². The Morgan fingerprint density at radius 1 is 1.24 bits per heavy atom. The van der Waals surface area contributed by atoms with Crippen molar-refractivity contribution in [1.82, 2.24) is 5.32 Å². The van der Waals surface area contributed by atoms with E-state index in [9.17, 15) is 4.79 Å². The van der Waals surface area contributed by atoms with E-state index in [0.717, 1.165) is 31.8 Å². The first kappa shape index (κ1) is 14.5. The summed E-state index contributed by atoms with van der Waals surface area (Å²) < 4.78 is 0. The maximum absolute atomic E-state index is 10.8. The number of aliphatic carboxylic acids is 1. The quantitative estimate of drug-likeness (QED) is 0.799. The Hall–Kier alpha value is -0.570. The number of piperidine rings is 1. The fourth-order valence-corrected chi connectivity index (χ4v) is 2.78. The second-order valence-electron chi connectivity index (χ2n) is 5.54. The number of hydrogen-bond donors (Lipinski definition) is 2. The van der Waals surface area contributed by atoms with Gasteiger partial charge in [0, 0.05) is 0 Å². The van der Waals surface area contributed by atoms with Gasteiger partial charge in [-0.25, -0.2) is 0 Å². The summed E-state index contributed by atoms with van der Waals surface area (Å²) in [5.41, 5.74) is 0. The van der Waals surface area contributed by atoms with E-state index in [-0.39, 0.29) is 5.92 Å². The molecule has 1 aliphatic heterocycles. The number of fused-ring (bicyclic) bond motifs is 2. The van der Waals surface area contributed by atoms with E-state index in [4.69, 9.17) is 5.11 Å². The molecule has 3 nitrogen and oxygen atoms in total. The third-order valence-electron chi connectivity index (χ3n) is 4.42. The largest absolute Gasteiger partial charge is 0.481 e. The van der Waals surface area contributed by atoms with Gasteiger partial charge in [-0.1, -0.05) is 33.6 Å². The van der Waals surface area contributed by atoms with Crippen LogP contribution >= 0.6 is 0 Å². The maximum atomic E-state index is 10.8. The van der Waals surface area contributed by atoms with Crippen molar-refractivity contribution in [3.05, 3.63) is 0 Å². The number of carboxylic acid groups (broad SMARTS) is 1. The minimum atomic E-state index is -0.584. The average Bonchev–Trinajstić information content (AvgIpc) is 2.60. The molecule has 0 amide bonds. The van der Waals surface area contributed by atoms with Crippen LogP contribution in [0.2, 0.25) is 0 Å². The number of rotatable bonds is 3. The van der Waals surface area contributed by atoms with Crippen LogP contribution in [0.3, 0.4) is 0 Å². The first-order valence-electron chi connectivity index (χ1n) is 7.03. The van der Waals surface area contributed by atoms with Crippen molar-refractivity contribution < 1.29 is 9.90 Å². The van der Waals surface area contributed by atoms with E-state index in [1.54, 1.807) is 0 Å². The third-order valence-corrected chi connectivity index (χ3v) is 4.42.